The lowest BCUT2D eigenvalue weighted by Gasteiger charge is -2.20. The molecular formula is C23H23N3O2. The number of carbonyl (C=O) groups excluding carboxylic acids is 1. The fraction of sp³-hybridized carbons (Fsp3) is 0.261. The summed E-state index contributed by atoms with van der Waals surface area (Å²) in [6.45, 7) is 1.89. The number of nitrogens with zero attached hydrogens (tertiary/aromatic N) is 2. The van der Waals surface area contributed by atoms with E-state index in [0.717, 1.165) is 46.8 Å². The van der Waals surface area contributed by atoms with Crippen LogP contribution in [0.25, 0.3) is 11.3 Å². The van der Waals surface area contributed by atoms with Crippen molar-refractivity contribution < 1.29 is 9.53 Å². The molecule has 1 aliphatic carbocycles. The maximum atomic E-state index is 12.4. The zero-order chi connectivity index (χ0) is 19.5. The monoisotopic (exact) mass is 373 g/mol. The third-order valence-electron chi connectivity index (χ3n) is 5.08. The number of fused-ring (bicyclic) bond motifs is 3. The number of ether oxygens (including phenoxy) is 1. The van der Waals surface area contributed by atoms with Gasteiger partial charge in [0.2, 0.25) is 5.91 Å². The predicted molar refractivity (Wildman–Crippen MR) is 110 cm³/mol. The summed E-state index contributed by atoms with van der Waals surface area (Å²) in [6, 6.07) is 16.1. The quantitative estimate of drug-likeness (QED) is 0.730. The van der Waals surface area contributed by atoms with Crippen molar-refractivity contribution in [1.29, 1.82) is 0 Å². The molecule has 1 amide bonds. The third kappa shape index (κ3) is 3.74. The summed E-state index contributed by atoms with van der Waals surface area (Å²) in [6.07, 6.45) is 2.82. The molecule has 4 rings (SSSR count). The Balaban J connectivity index is 1.52. The highest BCUT2D eigenvalue weighted by Gasteiger charge is 2.21. The molecule has 1 aromatic heterocycles. The molecular weight excluding hydrogens is 350 g/mol. The van der Waals surface area contributed by atoms with Gasteiger partial charge in [-0.1, -0.05) is 30.3 Å². The maximum Gasteiger partial charge on any atom is 0.225 e. The molecule has 0 saturated heterocycles. The van der Waals surface area contributed by atoms with E-state index in [9.17, 15) is 4.79 Å². The first-order chi connectivity index (χ1) is 13.6. The molecule has 2 aromatic carbocycles. The van der Waals surface area contributed by atoms with Crippen molar-refractivity contribution >= 4 is 11.7 Å². The van der Waals surface area contributed by atoms with E-state index in [1.165, 1.54) is 5.56 Å². The van der Waals surface area contributed by atoms with E-state index in [1.807, 2.05) is 49.4 Å². The molecule has 1 N–H and O–H groups in total. The molecule has 1 aliphatic rings. The highest BCUT2D eigenvalue weighted by Crippen LogP contribution is 2.34. The molecule has 142 valence electrons. The summed E-state index contributed by atoms with van der Waals surface area (Å²) in [5.74, 6) is 1.38. The van der Waals surface area contributed by atoms with E-state index >= 15 is 0 Å². The summed E-state index contributed by atoms with van der Waals surface area (Å²) in [5, 5.41) is 2.94. The molecule has 3 aromatic rings. The second kappa shape index (κ2) is 7.80. The van der Waals surface area contributed by atoms with Crippen molar-refractivity contribution in [2.45, 2.75) is 32.6 Å². The van der Waals surface area contributed by atoms with Gasteiger partial charge < -0.3 is 10.1 Å². The van der Waals surface area contributed by atoms with Gasteiger partial charge in [-0.15, -0.1) is 0 Å². The van der Waals surface area contributed by atoms with Crippen molar-refractivity contribution in [3.63, 3.8) is 0 Å². The maximum absolute atomic E-state index is 12.4. The van der Waals surface area contributed by atoms with Crippen LogP contribution < -0.4 is 10.1 Å². The van der Waals surface area contributed by atoms with Gasteiger partial charge in [-0.25, -0.2) is 9.97 Å². The van der Waals surface area contributed by atoms with Gasteiger partial charge in [0.05, 0.1) is 24.2 Å². The Labute approximate surface area is 164 Å². The van der Waals surface area contributed by atoms with Crippen LogP contribution in [0.5, 0.6) is 5.75 Å². The Morgan fingerprint density at radius 1 is 1.11 bits per heavy atom. The second-order valence-corrected chi connectivity index (χ2v) is 7.01. The molecule has 0 bridgehead atoms. The molecule has 5 nitrogen and oxygen atoms in total. The zero-order valence-corrected chi connectivity index (χ0v) is 16.2. The van der Waals surface area contributed by atoms with Crippen molar-refractivity contribution in [3.8, 4) is 17.0 Å². The van der Waals surface area contributed by atoms with E-state index in [-0.39, 0.29) is 5.91 Å². The van der Waals surface area contributed by atoms with Crippen LogP contribution in [0.2, 0.25) is 0 Å². The largest absolute Gasteiger partial charge is 0.497 e. The number of aryl methyl sites for hydroxylation is 4. The molecule has 0 spiro atoms. The number of carbonyl (C=O) groups is 1. The SMILES string of the molecule is COc1ccc2c(c1)CCc1nc(NC(=O)CCc3ccccc3)c(C)nc1-2. The third-order valence-corrected chi connectivity index (χ3v) is 5.08. The van der Waals surface area contributed by atoms with Crippen LogP contribution in [-0.2, 0) is 24.1 Å². The number of anilines is 1. The number of hydrogen-bond acceptors (Lipinski definition) is 4. The van der Waals surface area contributed by atoms with Crippen LogP contribution >= 0.6 is 0 Å². The van der Waals surface area contributed by atoms with Crippen molar-refractivity contribution in [2.24, 2.45) is 0 Å². The van der Waals surface area contributed by atoms with Crippen LogP contribution in [0, 0.1) is 6.92 Å². The zero-order valence-electron chi connectivity index (χ0n) is 16.2. The predicted octanol–water partition coefficient (Wildman–Crippen LogP) is 4.13. The number of aromatic nitrogens is 2. The van der Waals surface area contributed by atoms with Crippen LogP contribution in [-0.4, -0.2) is 23.0 Å². The second-order valence-electron chi connectivity index (χ2n) is 7.01. The first-order valence-electron chi connectivity index (χ1n) is 9.52. The first-order valence-corrected chi connectivity index (χ1v) is 9.52. The molecule has 0 fully saturated rings. The number of benzene rings is 2. The van der Waals surface area contributed by atoms with Gasteiger partial charge in [-0.2, -0.15) is 0 Å². The van der Waals surface area contributed by atoms with Gasteiger partial charge in [0.1, 0.15) is 5.75 Å². The number of rotatable bonds is 5. The standard InChI is InChI=1S/C23H23N3O2/c1-15-23(26-21(27)13-8-16-6-4-3-5-7-16)25-20-12-9-17-14-18(28-2)10-11-19(17)22(20)24-15/h3-7,10-11,14H,8-9,12-13H2,1-2H3,(H,25,26,27). The molecule has 0 aliphatic heterocycles. The molecule has 0 unspecified atom stereocenters. The smallest absolute Gasteiger partial charge is 0.225 e. The Hall–Kier alpha value is -3.21. The van der Waals surface area contributed by atoms with Gasteiger partial charge in [-0.05, 0) is 55.5 Å². The Bertz CT molecular complexity index is 1020. The van der Waals surface area contributed by atoms with Crippen LogP contribution in [0.4, 0.5) is 5.82 Å². The van der Waals surface area contributed by atoms with Crippen molar-refractivity contribution in [3.05, 3.63) is 71.0 Å². The normalized spacial score (nSPS) is 12.1. The van der Waals surface area contributed by atoms with Gasteiger partial charge in [0, 0.05) is 12.0 Å². The van der Waals surface area contributed by atoms with Gasteiger partial charge in [0.25, 0.3) is 0 Å². The Morgan fingerprint density at radius 3 is 2.71 bits per heavy atom. The summed E-state index contributed by atoms with van der Waals surface area (Å²) in [7, 11) is 1.68. The minimum Gasteiger partial charge on any atom is -0.497 e. The topological polar surface area (TPSA) is 64.1 Å². The molecule has 0 radical (unpaired) electrons. The lowest BCUT2D eigenvalue weighted by molar-refractivity contribution is -0.116. The summed E-state index contributed by atoms with van der Waals surface area (Å²) >= 11 is 0. The van der Waals surface area contributed by atoms with E-state index in [0.29, 0.717) is 18.7 Å². The Morgan fingerprint density at radius 2 is 1.93 bits per heavy atom. The minimum atomic E-state index is -0.0397. The summed E-state index contributed by atoms with van der Waals surface area (Å²) in [4.78, 5) is 21.9. The molecule has 1 heterocycles. The van der Waals surface area contributed by atoms with Gasteiger partial charge in [-0.3, -0.25) is 4.79 Å². The molecule has 5 heteroatoms. The lowest BCUT2D eigenvalue weighted by atomic mass is 9.91. The van der Waals surface area contributed by atoms with Crippen LogP contribution in [0.15, 0.2) is 48.5 Å². The average molecular weight is 373 g/mol. The summed E-state index contributed by atoms with van der Waals surface area (Å²) < 4.78 is 5.33. The number of nitrogens with one attached hydrogen (secondary N) is 1. The number of amides is 1. The number of methoxy groups -OCH3 is 1. The van der Waals surface area contributed by atoms with Crippen LogP contribution in [0.1, 0.15) is 28.9 Å². The highest BCUT2D eigenvalue weighted by molar-refractivity contribution is 5.90. The van der Waals surface area contributed by atoms with Gasteiger partial charge in [0.15, 0.2) is 5.82 Å². The minimum absolute atomic E-state index is 0.0397. The van der Waals surface area contributed by atoms with Crippen molar-refractivity contribution in [2.75, 3.05) is 12.4 Å². The van der Waals surface area contributed by atoms with Gasteiger partial charge >= 0.3 is 0 Å². The highest BCUT2D eigenvalue weighted by atomic mass is 16.5. The van der Waals surface area contributed by atoms with E-state index in [4.69, 9.17) is 14.7 Å². The lowest BCUT2D eigenvalue weighted by Crippen LogP contribution is -2.17. The molecule has 0 atom stereocenters. The molecule has 28 heavy (non-hydrogen) atoms. The average Bonchev–Trinajstić information content (AvgIpc) is 2.73. The number of hydrogen-bond donors (Lipinski definition) is 1. The summed E-state index contributed by atoms with van der Waals surface area (Å²) in [5.41, 5.74) is 6.04. The fourth-order valence-corrected chi connectivity index (χ4v) is 3.55. The van der Waals surface area contributed by atoms with E-state index in [2.05, 4.69) is 11.4 Å². The van der Waals surface area contributed by atoms with Crippen molar-refractivity contribution in [1.82, 2.24) is 9.97 Å². The first kappa shape index (κ1) is 18.2. The van der Waals surface area contributed by atoms with Crippen LogP contribution in [0.3, 0.4) is 0 Å². The fourth-order valence-electron chi connectivity index (χ4n) is 3.55. The van der Waals surface area contributed by atoms with E-state index < -0.39 is 0 Å². The molecule has 0 saturated carbocycles. The van der Waals surface area contributed by atoms with E-state index in [1.54, 1.807) is 7.11 Å². The Kier molecular flexibility index (Phi) is 5.06.